The highest BCUT2D eigenvalue weighted by molar-refractivity contribution is 5.73. The molecule has 17 heavy (non-hydrogen) atoms. The molecule has 3 nitrogen and oxygen atoms in total. The number of nitrogens with two attached hydrogens (primary N) is 1. The van der Waals surface area contributed by atoms with Crippen molar-refractivity contribution in [2.45, 2.75) is 58.9 Å². The van der Waals surface area contributed by atoms with Crippen LogP contribution in [0, 0.1) is 16.7 Å². The van der Waals surface area contributed by atoms with E-state index in [0.717, 1.165) is 18.9 Å². The minimum absolute atomic E-state index is 0.189. The molecule has 3 heteroatoms. The van der Waals surface area contributed by atoms with Crippen molar-refractivity contribution in [1.82, 2.24) is 5.32 Å². The predicted octanol–water partition coefficient (Wildman–Crippen LogP) is 2.06. The van der Waals surface area contributed by atoms with Gasteiger partial charge >= 0.3 is 0 Å². The fraction of sp³-hybridized carbons (Fsp3) is 0.929. The lowest BCUT2D eigenvalue weighted by Crippen LogP contribution is -2.44. The maximum absolute atomic E-state index is 10.7. The highest BCUT2D eigenvalue weighted by atomic mass is 16.1. The number of carbonyl (C=O) groups is 1. The van der Waals surface area contributed by atoms with Crippen molar-refractivity contribution in [3.8, 4) is 0 Å². The Kier molecular flexibility index (Phi) is 3.23. The number of primary amides is 1. The summed E-state index contributed by atoms with van der Waals surface area (Å²) in [6.07, 6.45) is 5.41. The third-order valence-corrected chi connectivity index (χ3v) is 5.78. The quantitative estimate of drug-likeness (QED) is 0.720. The Hall–Kier alpha value is -0.570. The fourth-order valence-electron chi connectivity index (χ4n) is 4.05. The number of rotatable bonds is 5. The van der Waals surface area contributed by atoms with E-state index in [2.05, 4.69) is 26.1 Å². The van der Waals surface area contributed by atoms with E-state index < -0.39 is 0 Å². The summed E-state index contributed by atoms with van der Waals surface area (Å²) in [6.45, 7) is 8.21. The van der Waals surface area contributed by atoms with Crippen LogP contribution in [0.3, 0.4) is 0 Å². The van der Waals surface area contributed by atoms with E-state index in [4.69, 9.17) is 5.73 Å². The minimum atomic E-state index is -0.189. The largest absolute Gasteiger partial charge is 0.370 e. The van der Waals surface area contributed by atoms with Crippen LogP contribution in [0.25, 0.3) is 0 Å². The van der Waals surface area contributed by atoms with Gasteiger partial charge in [0.25, 0.3) is 0 Å². The molecule has 0 aromatic rings. The van der Waals surface area contributed by atoms with Gasteiger partial charge in [-0.2, -0.15) is 0 Å². The van der Waals surface area contributed by atoms with Crippen molar-refractivity contribution in [2.24, 2.45) is 22.5 Å². The molecular weight excluding hydrogens is 212 g/mol. The van der Waals surface area contributed by atoms with Crippen molar-refractivity contribution in [3.63, 3.8) is 0 Å². The molecule has 2 aliphatic carbocycles. The molecule has 0 saturated heterocycles. The van der Waals surface area contributed by atoms with E-state index in [0.29, 0.717) is 23.3 Å². The fourth-order valence-corrected chi connectivity index (χ4v) is 4.05. The predicted molar refractivity (Wildman–Crippen MR) is 69.4 cm³/mol. The molecule has 3 N–H and O–H groups in total. The molecule has 0 aromatic heterocycles. The van der Waals surface area contributed by atoms with Crippen LogP contribution < -0.4 is 11.1 Å². The molecule has 0 radical (unpaired) electrons. The van der Waals surface area contributed by atoms with Crippen LogP contribution >= 0.6 is 0 Å². The number of amides is 1. The van der Waals surface area contributed by atoms with Crippen LogP contribution in [0.2, 0.25) is 0 Å². The van der Waals surface area contributed by atoms with E-state index in [1.54, 1.807) is 0 Å². The summed E-state index contributed by atoms with van der Waals surface area (Å²) >= 11 is 0. The summed E-state index contributed by atoms with van der Waals surface area (Å²) in [4.78, 5) is 10.7. The Bertz CT molecular complexity index is 313. The van der Waals surface area contributed by atoms with Crippen LogP contribution in [0.5, 0.6) is 0 Å². The second-order valence-corrected chi connectivity index (χ2v) is 6.69. The summed E-state index contributed by atoms with van der Waals surface area (Å²) in [6, 6.07) is 0.629. The number of hydrogen-bond donors (Lipinski definition) is 2. The number of fused-ring (bicyclic) bond motifs is 2. The van der Waals surface area contributed by atoms with Gasteiger partial charge in [-0.3, -0.25) is 4.79 Å². The number of carbonyl (C=O) groups excluding carboxylic acids is 1. The van der Waals surface area contributed by atoms with Gasteiger partial charge in [-0.15, -0.1) is 0 Å². The van der Waals surface area contributed by atoms with Crippen molar-refractivity contribution in [1.29, 1.82) is 0 Å². The Morgan fingerprint density at radius 2 is 2.12 bits per heavy atom. The van der Waals surface area contributed by atoms with Gasteiger partial charge in [0.15, 0.2) is 0 Å². The Labute approximate surface area is 105 Å². The zero-order chi connectivity index (χ0) is 12.7. The molecular formula is C14H26N2O. The van der Waals surface area contributed by atoms with E-state index in [-0.39, 0.29) is 5.91 Å². The van der Waals surface area contributed by atoms with Gasteiger partial charge in [-0.25, -0.2) is 0 Å². The first-order valence-electron chi connectivity index (χ1n) is 6.89. The molecule has 3 atom stereocenters. The molecule has 2 rings (SSSR count). The summed E-state index contributed by atoms with van der Waals surface area (Å²) < 4.78 is 0. The Morgan fingerprint density at radius 3 is 2.59 bits per heavy atom. The topological polar surface area (TPSA) is 55.1 Å². The summed E-state index contributed by atoms with van der Waals surface area (Å²) in [5.74, 6) is 0.687. The third-order valence-electron chi connectivity index (χ3n) is 5.78. The highest BCUT2D eigenvalue weighted by Crippen LogP contribution is 2.65. The van der Waals surface area contributed by atoms with E-state index >= 15 is 0 Å². The molecule has 1 amide bonds. The molecule has 2 saturated carbocycles. The number of nitrogens with one attached hydrogen (secondary N) is 1. The molecule has 0 aliphatic heterocycles. The lowest BCUT2D eigenvalue weighted by Gasteiger charge is -2.39. The molecule has 0 spiro atoms. The van der Waals surface area contributed by atoms with Gasteiger partial charge in [-0.05, 0) is 49.0 Å². The van der Waals surface area contributed by atoms with E-state index in [9.17, 15) is 4.79 Å². The first kappa shape index (κ1) is 12.9. The second-order valence-electron chi connectivity index (χ2n) is 6.69. The summed E-state index contributed by atoms with van der Waals surface area (Å²) in [5, 5.41) is 3.66. The minimum Gasteiger partial charge on any atom is -0.370 e. The number of hydrogen-bond acceptors (Lipinski definition) is 2. The van der Waals surface area contributed by atoms with Gasteiger partial charge in [0, 0.05) is 12.5 Å². The summed E-state index contributed by atoms with van der Waals surface area (Å²) in [5.41, 5.74) is 6.05. The average Bonchev–Trinajstić information content (AvgIpc) is 2.56. The molecule has 98 valence electrons. The smallest absolute Gasteiger partial charge is 0.217 e. The molecule has 2 fully saturated rings. The second kappa shape index (κ2) is 4.27. The van der Waals surface area contributed by atoms with Crippen molar-refractivity contribution in [2.75, 3.05) is 6.54 Å². The van der Waals surface area contributed by atoms with Crippen LogP contribution in [0.1, 0.15) is 52.9 Å². The van der Waals surface area contributed by atoms with E-state index in [1.165, 1.54) is 19.3 Å². The molecule has 2 aliphatic rings. The van der Waals surface area contributed by atoms with Gasteiger partial charge in [0.1, 0.15) is 0 Å². The normalized spacial score (nSPS) is 38.5. The molecule has 2 bridgehead atoms. The Balaban J connectivity index is 1.86. The zero-order valence-corrected chi connectivity index (χ0v) is 11.4. The SMILES string of the molecule is CC1(C)C2CCC1(C)C(NCCCC(N)=O)C2. The molecule has 0 heterocycles. The first-order valence-corrected chi connectivity index (χ1v) is 6.89. The standard InChI is InChI=1S/C14H26N2O/c1-13(2)10-6-7-14(13,3)11(9-10)16-8-4-5-12(15)17/h10-11,16H,4-9H2,1-3H3,(H2,15,17). The maximum atomic E-state index is 10.7. The van der Waals surface area contributed by atoms with Crippen molar-refractivity contribution in [3.05, 3.63) is 0 Å². The van der Waals surface area contributed by atoms with Gasteiger partial charge in [-0.1, -0.05) is 20.8 Å². The van der Waals surface area contributed by atoms with Crippen LogP contribution in [0.15, 0.2) is 0 Å². The lowest BCUT2D eigenvalue weighted by molar-refractivity contribution is -0.118. The zero-order valence-electron chi connectivity index (χ0n) is 11.4. The first-order chi connectivity index (χ1) is 7.88. The maximum Gasteiger partial charge on any atom is 0.217 e. The van der Waals surface area contributed by atoms with Gasteiger partial charge < -0.3 is 11.1 Å². The highest BCUT2D eigenvalue weighted by Gasteiger charge is 2.60. The van der Waals surface area contributed by atoms with Crippen LogP contribution in [0.4, 0.5) is 0 Å². The monoisotopic (exact) mass is 238 g/mol. The molecule has 0 aromatic carbocycles. The third kappa shape index (κ3) is 1.99. The van der Waals surface area contributed by atoms with Gasteiger partial charge in [0.2, 0.25) is 5.91 Å². The van der Waals surface area contributed by atoms with Crippen molar-refractivity contribution >= 4 is 5.91 Å². The lowest BCUT2D eigenvalue weighted by atomic mass is 9.69. The summed E-state index contributed by atoms with van der Waals surface area (Å²) in [7, 11) is 0. The van der Waals surface area contributed by atoms with Crippen molar-refractivity contribution < 1.29 is 4.79 Å². The average molecular weight is 238 g/mol. The Morgan fingerprint density at radius 1 is 1.41 bits per heavy atom. The van der Waals surface area contributed by atoms with Gasteiger partial charge in [0.05, 0.1) is 0 Å². The van der Waals surface area contributed by atoms with Crippen LogP contribution in [-0.2, 0) is 4.79 Å². The molecule has 3 unspecified atom stereocenters. The van der Waals surface area contributed by atoms with E-state index in [1.807, 2.05) is 0 Å². The van der Waals surface area contributed by atoms with Crippen LogP contribution in [-0.4, -0.2) is 18.5 Å².